The first kappa shape index (κ1) is 50.7. The fourth-order valence-electron chi connectivity index (χ4n) is 12.7. The Balaban J connectivity index is 1.09. The molecule has 17 heteroatoms. The van der Waals surface area contributed by atoms with E-state index in [2.05, 4.69) is 13.8 Å². The Labute approximate surface area is 379 Å². The number of carboxylic acids is 1. The number of aliphatic hydroxyl groups excluding tert-OH is 1. The minimum atomic E-state index is -2.03. The number of hydrogen-bond donors (Lipinski definition) is 4. The summed E-state index contributed by atoms with van der Waals surface area (Å²) in [5.74, 6) is -7.18. The summed E-state index contributed by atoms with van der Waals surface area (Å²) < 4.78 is 77.6. The van der Waals surface area contributed by atoms with Crippen LogP contribution in [0.2, 0.25) is 0 Å². The molecule has 0 aromatic heterocycles. The molecule has 0 aromatic carbocycles. The topological polar surface area (TPSA) is 209 Å². The molecule has 7 saturated heterocycles. The summed E-state index contributed by atoms with van der Waals surface area (Å²) in [6.07, 6.45) is -3.18. The van der Waals surface area contributed by atoms with Crippen LogP contribution in [0.5, 0.6) is 0 Å². The standard InChI is InChI=1S/C47H80O17/c1-23-18-24(2)45(9,51)61-36(23)31-19-32(58-35-20-30(53-10)40(55-12)28(6)57-35)42(59-31)44(8)15-14-33(60-44)43(7)16-17-46(64-43)21-29(48)25(3)37(62-46)26(4)38-41(56-13)39(54-11)27(5)47(52,63-38)22-34(49)50/h23-33,35-42,48,51-52H,14-22H2,1-13H3,(H,49,50)/t23-,24+,25+,26+,27-,28-,29-,30-,31+,32-,33-,35+,36-,37-,38-,39-,40-,41-,42+,43+,44+,45-,46+,47+/m0/s1. The Kier molecular flexibility index (Phi) is 15.1. The largest absolute Gasteiger partial charge is 0.481 e. The first-order valence-corrected chi connectivity index (χ1v) is 23.8. The molecule has 0 radical (unpaired) electrons. The average Bonchev–Trinajstić information content (AvgIpc) is 3.94. The highest BCUT2D eigenvalue weighted by molar-refractivity contribution is 5.68. The van der Waals surface area contributed by atoms with Crippen LogP contribution in [-0.2, 0) is 61.6 Å². The Morgan fingerprint density at radius 3 is 2.09 bits per heavy atom. The fraction of sp³-hybridized carbons (Fsp3) is 0.979. The highest BCUT2D eigenvalue weighted by atomic mass is 16.7. The predicted molar refractivity (Wildman–Crippen MR) is 228 cm³/mol. The Bertz CT molecular complexity index is 1600. The summed E-state index contributed by atoms with van der Waals surface area (Å²) in [4.78, 5) is 11.9. The molecular weight excluding hydrogens is 836 g/mol. The summed E-state index contributed by atoms with van der Waals surface area (Å²) in [6, 6.07) is 0. The molecule has 64 heavy (non-hydrogen) atoms. The van der Waals surface area contributed by atoms with Gasteiger partial charge in [0.1, 0.15) is 18.3 Å². The van der Waals surface area contributed by atoms with Crippen molar-refractivity contribution in [2.45, 2.75) is 234 Å². The number of methoxy groups -OCH3 is 4. The minimum Gasteiger partial charge on any atom is -0.481 e. The maximum absolute atomic E-state index is 11.9. The van der Waals surface area contributed by atoms with E-state index in [0.29, 0.717) is 38.5 Å². The molecule has 0 unspecified atom stereocenters. The molecule has 370 valence electrons. The molecular formula is C47H80O17. The zero-order valence-corrected chi connectivity index (χ0v) is 40.4. The maximum Gasteiger partial charge on any atom is 0.308 e. The lowest BCUT2D eigenvalue weighted by Crippen LogP contribution is -2.65. The van der Waals surface area contributed by atoms with Gasteiger partial charge in [0.2, 0.25) is 0 Å². The van der Waals surface area contributed by atoms with Gasteiger partial charge in [-0.1, -0.05) is 34.6 Å². The van der Waals surface area contributed by atoms with E-state index in [1.54, 1.807) is 28.1 Å². The Hall–Kier alpha value is -1.13. The van der Waals surface area contributed by atoms with Crippen molar-refractivity contribution in [3.63, 3.8) is 0 Å². The molecule has 4 N–H and O–H groups in total. The Morgan fingerprint density at radius 1 is 0.766 bits per heavy atom. The van der Waals surface area contributed by atoms with Crippen molar-refractivity contribution in [2.75, 3.05) is 28.4 Å². The number of hydrogen-bond acceptors (Lipinski definition) is 16. The molecule has 7 fully saturated rings. The van der Waals surface area contributed by atoms with Gasteiger partial charge in [0.05, 0.1) is 78.7 Å². The number of aliphatic hydroxyl groups is 3. The van der Waals surface area contributed by atoms with Gasteiger partial charge in [-0.15, -0.1) is 0 Å². The molecule has 0 amide bonds. The lowest BCUT2D eigenvalue weighted by Gasteiger charge is -2.53. The third-order valence-corrected chi connectivity index (χ3v) is 16.8. The molecule has 0 aromatic rings. The molecule has 0 aliphatic carbocycles. The monoisotopic (exact) mass is 917 g/mol. The van der Waals surface area contributed by atoms with Gasteiger partial charge < -0.3 is 77.3 Å². The van der Waals surface area contributed by atoms with Crippen LogP contribution in [0, 0.1) is 29.6 Å². The summed E-state index contributed by atoms with van der Waals surface area (Å²) in [5.41, 5.74) is -1.60. The second-order valence-corrected chi connectivity index (χ2v) is 21.3. The van der Waals surface area contributed by atoms with Gasteiger partial charge in [0.25, 0.3) is 0 Å². The van der Waals surface area contributed by atoms with E-state index in [-0.39, 0.29) is 60.8 Å². The third-order valence-electron chi connectivity index (χ3n) is 16.8. The number of carbonyl (C=O) groups is 1. The number of rotatable bonds is 13. The van der Waals surface area contributed by atoms with E-state index >= 15 is 0 Å². The molecule has 7 rings (SSSR count). The average molecular weight is 917 g/mol. The van der Waals surface area contributed by atoms with Crippen molar-refractivity contribution in [3.05, 3.63) is 0 Å². The zero-order chi connectivity index (χ0) is 46.9. The summed E-state index contributed by atoms with van der Waals surface area (Å²) >= 11 is 0. The third kappa shape index (κ3) is 9.46. The quantitative estimate of drug-likeness (QED) is 0.203. The molecule has 7 aliphatic rings. The van der Waals surface area contributed by atoms with Crippen molar-refractivity contribution in [1.29, 1.82) is 0 Å². The van der Waals surface area contributed by atoms with Crippen LogP contribution in [0.3, 0.4) is 0 Å². The second kappa shape index (κ2) is 19.0. The van der Waals surface area contributed by atoms with Crippen LogP contribution in [0.1, 0.15) is 120 Å². The van der Waals surface area contributed by atoms with Gasteiger partial charge in [0, 0.05) is 77.8 Å². The highest BCUT2D eigenvalue weighted by Crippen LogP contribution is 2.55. The van der Waals surface area contributed by atoms with Crippen molar-refractivity contribution >= 4 is 5.97 Å². The molecule has 0 bridgehead atoms. The number of carboxylic acid groups (broad SMARTS) is 1. The summed E-state index contributed by atoms with van der Waals surface area (Å²) in [7, 11) is 6.37. The van der Waals surface area contributed by atoms with Crippen molar-refractivity contribution in [3.8, 4) is 0 Å². The van der Waals surface area contributed by atoms with Crippen LogP contribution in [0.25, 0.3) is 0 Å². The molecule has 7 aliphatic heterocycles. The van der Waals surface area contributed by atoms with Gasteiger partial charge in [-0.3, -0.25) is 4.79 Å². The summed E-state index contributed by atoms with van der Waals surface area (Å²) in [5, 5.41) is 44.3. The van der Waals surface area contributed by atoms with Crippen molar-refractivity contribution in [1.82, 2.24) is 0 Å². The van der Waals surface area contributed by atoms with E-state index in [9.17, 15) is 25.2 Å². The lowest BCUT2D eigenvalue weighted by atomic mass is 9.75. The van der Waals surface area contributed by atoms with E-state index in [1.165, 1.54) is 14.2 Å². The summed E-state index contributed by atoms with van der Waals surface area (Å²) in [6.45, 7) is 17.5. The van der Waals surface area contributed by atoms with Crippen molar-refractivity contribution < 1.29 is 82.1 Å². The number of aliphatic carboxylic acids is 1. The molecule has 24 atom stereocenters. The van der Waals surface area contributed by atoms with Crippen molar-refractivity contribution in [2.24, 2.45) is 29.6 Å². The van der Waals surface area contributed by atoms with Gasteiger partial charge in [-0.05, 0) is 59.3 Å². The van der Waals surface area contributed by atoms with Crippen LogP contribution in [0.4, 0.5) is 0 Å². The molecule has 7 heterocycles. The van der Waals surface area contributed by atoms with Crippen LogP contribution in [-0.4, -0.2) is 169 Å². The van der Waals surface area contributed by atoms with E-state index in [1.807, 2.05) is 34.6 Å². The fourth-order valence-corrected chi connectivity index (χ4v) is 12.7. The smallest absolute Gasteiger partial charge is 0.308 e. The second-order valence-electron chi connectivity index (χ2n) is 21.3. The molecule has 1 spiro atoms. The first-order valence-electron chi connectivity index (χ1n) is 23.8. The van der Waals surface area contributed by atoms with Crippen LogP contribution >= 0.6 is 0 Å². The van der Waals surface area contributed by atoms with Gasteiger partial charge in [0.15, 0.2) is 23.7 Å². The zero-order valence-electron chi connectivity index (χ0n) is 40.4. The van der Waals surface area contributed by atoms with E-state index in [0.717, 1.165) is 6.42 Å². The maximum atomic E-state index is 11.9. The first-order chi connectivity index (χ1) is 30.0. The number of ether oxygens (including phenoxy) is 12. The molecule has 17 nitrogen and oxygen atoms in total. The minimum absolute atomic E-state index is 0.0406. The molecule has 0 saturated carbocycles. The van der Waals surface area contributed by atoms with E-state index < -0.39 is 102 Å². The van der Waals surface area contributed by atoms with E-state index in [4.69, 9.17) is 56.8 Å². The predicted octanol–water partition coefficient (Wildman–Crippen LogP) is 4.32. The SMILES string of the molecule is CO[C@@H]1[C@@H](OC)[C@H](C)[C@@](O)(CC(=O)O)O[C@H]1[C@H](C)[C@H]1O[C@@]2(CC[C@](C)([C@@H]3CC[C@](C)([C@@H]4O[C@@H]([C@H]5O[C@](C)(O)[C@H](C)C[C@@H]5C)C[C@@H]4O[C@@H]4C[C@H](OC)[C@@H](OC)[C@H](C)O4)O3)O2)C[C@H](O)[C@H]1C. The lowest BCUT2D eigenvalue weighted by molar-refractivity contribution is -0.365. The van der Waals surface area contributed by atoms with Crippen LogP contribution in [0.15, 0.2) is 0 Å². The van der Waals surface area contributed by atoms with Gasteiger partial charge in [-0.25, -0.2) is 0 Å². The van der Waals surface area contributed by atoms with Gasteiger partial charge >= 0.3 is 5.97 Å². The highest BCUT2D eigenvalue weighted by Gasteiger charge is 2.64. The van der Waals surface area contributed by atoms with Gasteiger partial charge in [-0.2, -0.15) is 0 Å². The Morgan fingerprint density at radius 2 is 1.45 bits per heavy atom. The van der Waals surface area contributed by atoms with Crippen LogP contribution < -0.4 is 0 Å². The normalized spacial score (nSPS) is 54.1.